The van der Waals surface area contributed by atoms with E-state index in [2.05, 4.69) is 4.18 Å². The van der Waals surface area contributed by atoms with Gasteiger partial charge in [-0.05, 0) is 19.1 Å². The lowest BCUT2D eigenvalue weighted by Crippen LogP contribution is -2.28. The van der Waals surface area contributed by atoms with Crippen LogP contribution in [-0.4, -0.2) is 26.5 Å². The van der Waals surface area contributed by atoms with Crippen LogP contribution in [0.5, 0.6) is 5.75 Å². The molecule has 0 spiro atoms. The molecule has 6 nitrogen and oxygen atoms in total. The lowest BCUT2D eigenvalue weighted by atomic mass is 10.1. The Morgan fingerprint density at radius 2 is 2.00 bits per heavy atom. The largest absolute Gasteiger partial charge is 0.534 e. The van der Waals surface area contributed by atoms with Crippen molar-refractivity contribution in [3.05, 3.63) is 30.0 Å². The molecule has 0 aliphatic rings. The molecule has 23 heavy (non-hydrogen) atoms. The molecule has 0 saturated carbocycles. The van der Waals surface area contributed by atoms with E-state index in [9.17, 15) is 26.4 Å². The molecule has 1 aromatic carbocycles. The minimum absolute atomic E-state index is 0.0339. The third-order valence-corrected chi connectivity index (χ3v) is 3.73. The number of rotatable bonds is 5. The number of alkyl halides is 3. The first-order valence-electron chi connectivity index (χ1n) is 6.31. The Balaban J connectivity index is 2.45. The molecule has 0 amide bonds. The van der Waals surface area contributed by atoms with Crippen LogP contribution in [0.1, 0.15) is 12.5 Å². The smallest absolute Gasteiger partial charge is 0.466 e. The van der Waals surface area contributed by atoms with Crippen LogP contribution in [0.3, 0.4) is 0 Å². The van der Waals surface area contributed by atoms with Crippen molar-refractivity contribution in [2.75, 3.05) is 6.61 Å². The van der Waals surface area contributed by atoms with Crippen LogP contribution in [0.15, 0.2) is 28.9 Å². The van der Waals surface area contributed by atoms with Gasteiger partial charge in [0.25, 0.3) is 0 Å². The summed E-state index contributed by atoms with van der Waals surface area (Å²) in [5.41, 5.74) is -5.33. The molecular formula is C13H11F3O6S. The van der Waals surface area contributed by atoms with Gasteiger partial charge in [-0.25, -0.2) is 0 Å². The van der Waals surface area contributed by atoms with Crippen LogP contribution in [0.25, 0.3) is 11.0 Å². The van der Waals surface area contributed by atoms with Crippen molar-refractivity contribution >= 4 is 27.1 Å². The second-order valence-corrected chi connectivity index (χ2v) is 5.89. The van der Waals surface area contributed by atoms with Crippen LogP contribution in [0.2, 0.25) is 0 Å². The van der Waals surface area contributed by atoms with Gasteiger partial charge in [0, 0.05) is 5.56 Å². The van der Waals surface area contributed by atoms with E-state index < -0.39 is 27.3 Å². The fourth-order valence-corrected chi connectivity index (χ4v) is 2.32. The average molecular weight is 352 g/mol. The van der Waals surface area contributed by atoms with Crippen LogP contribution in [0, 0.1) is 0 Å². The number of ether oxygens (including phenoxy) is 1. The maximum Gasteiger partial charge on any atom is 0.534 e. The van der Waals surface area contributed by atoms with Crippen molar-refractivity contribution < 1.29 is 39.7 Å². The van der Waals surface area contributed by atoms with Gasteiger partial charge >= 0.3 is 21.6 Å². The number of carbonyl (C=O) groups is 1. The van der Waals surface area contributed by atoms with E-state index in [0.29, 0.717) is 0 Å². The summed E-state index contributed by atoms with van der Waals surface area (Å²) in [5, 5.41) is -0.0339. The van der Waals surface area contributed by atoms with Crippen molar-refractivity contribution in [2.24, 2.45) is 0 Å². The summed E-state index contributed by atoms with van der Waals surface area (Å²) in [6.07, 6.45) is 0.835. The summed E-state index contributed by atoms with van der Waals surface area (Å²) in [5.74, 6) is -1.21. The summed E-state index contributed by atoms with van der Waals surface area (Å²) < 4.78 is 73.6. The van der Waals surface area contributed by atoms with E-state index >= 15 is 0 Å². The molecule has 0 saturated heterocycles. The quantitative estimate of drug-likeness (QED) is 0.467. The summed E-state index contributed by atoms with van der Waals surface area (Å²) >= 11 is 0. The van der Waals surface area contributed by atoms with Gasteiger partial charge in [-0.1, -0.05) is 6.07 Å². The Kier molecular flexibility index (Phi) is 4.55. The highest BCUT2D eigenvalue weighted by atomic mass is 32.2. The third kappa shape index (κ3) is 3.58. The third-order valence-electron chi connectivity index (χ3n) is 2.76. The van der Waals surface area contributed by atoms with Gasteiger partial charge in [-0.15, -0.1) is 0 Å². The standard InChI is InChI=1S/C13H11F3O6S/c1-2-20-11(17)6-8-7-21-9-4-3-5-10(12(8)9)22-23(18,19)13(14,15)16/h3-5,7H,2,6H2,1H3. The van der Waals surface area contributed by atoms with Crippen LogP contribution >= 0.6 is 0 Å². The van der Waals surface area contributed by atoms with Crippen molar-refractivity contribution in [1.29, 1.82) is 0 Å². The van der Waals surface area contributed by atoms with E-state index in [4.69, 9.17) is 9.15 Å². The highest BCUT2D eigenvalue weighted by Gasteiger charge is 2.48. The number of esters is 1. The highest BCUT2D eigenvalue weighted by molar-refractivity contribution is 7.88. The molecule has 2 rings (SSSR count). The van der Waals surface area contributed by atoms with Crippen LogP contribution < -0.4 is 4.18 Å². The monoisotopic (exact) mass is 352 g/mol. The van der Waals surface area contributed by atoms with Crippen molar-refractivity contribution in [1.82, 2.24) is 0 Å². The van der Waals surface area contributed by atoms with Gasteiger partial charge in [0.1, 0.15) is 5.58 Å². The van der Waals surface area contributed by atoms with Crippen molar-refractivity contribution in [3.63, 3.8) is 0 Å². The Labute approximate surface area is 128 Å². The average Bonchev–Trinajstić information content (AvgIpc) is 2.81. The zero-order valence-corrected chi connectivity index (χ0v) is 12.5. The Morgan fingerprint density at radius 3 is 2.61 bits per heavy atom. The summed E-state index contributed by atoms with van der Waals surface area (Å²) in [7, 11) is -5.83. The first kappa shape index (κ1) is 17.1. The van der Waals surface area contributed by atoms with Crippen molar-refractivity contribution in [3.8, 4) is 5.75 Å². The zero-order chi connectivity index (χ0) is 17.3. The summed E-state index contributed by atoms with van der Waals surface area (Å²) in [4.78, 5) is 11.5. The molecular weight excluding hydrogens is 341 g/mol. The number of carbonyl (C=O) groups excluding carboxylic acids is 1. The molecule has 126 valence electrons. The maximum absolute atomic E-state index is 12.4. The van der Waals surface area contributed by atoms with Crippen molar-refractivity contribution in [2.45, 2.75) is 18.9 Å². The molecule has 2 aromatic rings. The topological polar surface area (TPSA) is 82.8 Å². The zero-order valence-electron chi connectivity index (χ0n) is 11.7. The Hall–Kier alpha value is -2.23. The van der Waals surface area contributed by atoms with Crippen LogP contribution in [-0.2, 0) is 26.1 Å². The summed E-state index contributed by atoms with van der Waals surface area (Å²) in [6.45, 7) is 1.72. The predicted molar refractivity (Wildman–Crippen MR) is 72.2 cm³/mol. The maximum atomic E-state index is 12.4. The first-order chi connectivity index (χ1) is 10.7. The van der Waals surface area contributed by atoms with Gasteiger partial charge in [0.15, 0.2) is 5.75 Å². The van der Waals surface area contributed by atoms with E-state index in [1.165, 1.54) is 12.1 Å². The highest BCUT2D eigenvalue weighted by Crippen LogP contribution is 2.34. The second kappa shape index (κ2) is 6.11. The lowest BCUT2D eigenvalue weighted by molar-refractivity contribution is -0.142. The fourth-order valence-electron chi connectivity index (χ4n) is 1.85. The van der Waals surface area contributed by atoms with Gasteiger partial charge in [0.05, 0.1) is 24.7 Å². The predicted octanol–water partition coefficient (Wildman–Crippen LogP) is 2.77. The molecule has 1 heterocycles. The molecule has 0 atom stereocenters. The van der Waals surface area contributed by atoms with E-state index in [-0.39, 0.29) is 29.6 Å². The van der Waals surface area contributed by atoms with Gasteiger partial charge in [0.2, 0.25) is 0 Å². The number of hydrogen-bond donors (Lipinski definition) is 0. The molecule has 0 fully saturated rings. The molecule has 1 aromatic heterocycles. The molecule has 10 heteroatoms. The molecule has 0 bridgehead atoms. The summed E-state index contributed by atoms with van der Waals surface area (Å²) in [6, 6.07) is 3.70. The normalized spacial score (nSPS) is 12.3. The number of halogens is 3. The number of furan rings is 1. The molecule has 0 aliphatic heterocycles. The SMILES string of the molecule is CCOC(=O)Cc1coc2cccc(OS(=O)(=O)C(F)(F)F)c12. The fraction of sp³-hybridized carbons (Fsp3) is 0.308. The molecule has 0 N–H and O–H groups in total. The Bertz CT molecular complexity index is 822. The van der Waals surface area contributed by atoms with E-state index in [1.54, 1.807) is 6.92 Å². The number of hydrogen-bond acceptors (Lipinski definition) is 6. The van der Waals surface area contributed by atoms with Crippen LogP contribution in [0.4, 0.5) is 13.2 Å². The van der Waals surface area contributed by atoms with Gasteiger partial charge in [-0.2, -0.15) is 21.6 Å². The first-order valence-corrected chi connectivity index (χ1v) is 7.72. The minimum atomic E-state index is -5.83. The van der Waals surface area contributed by atoms with Gasteiger partial charge < -0.3 is 13.3 Å². The Morgan fingerprint density at radius 1 is 1.30 bits per heavy atom. The lowest BCUT2D eigenvalue weighted by Gasteiger charge is -2.10. The number of fused-ring (bicyclic) bond motifs is 1. The van der Waals surface area contributed by atoms with Gasteiger partial charge in [-0.3, -0.25) is 4.79 Å². The molecule has 0 unspecified atom stereocenters. The number of benzene rings is 1. The van der Waals surface area contributed by atoms with E-state index in [0.717, 1.165) is 12.3 Å². The molecule has 0 aliphatic carbocycles. The minimum Gasteiger partial charge on any atom is -0.466 e. The molecule has 0 radical (unpaired) electrons. The van der Waals surface area contributed by atoms with E-state index in [1.807, 2.05) is 0 Å². The second-order valence-electron chi connectivity index (χ2n) is 4.36.